The number of carbonyl (C=O) groups is 2. The quantitative estimate of drug-likeness (QED) is 0.835. The maximum Gasteiger partial charge on any atom is 0.307 e. The highest BCUT2D eigenvalue weighted by molar-refractivity contribution is 6.31. The van der Waals surface area contributed by atoms with Gasteiger partial charge in [-0.05, 0) is 23.8 Å². The van der Waals surface area contributed by atoms with E-state index in [1.54, 1.807) is 24.3 Å². The van der Waals surface area contributed by atoms with Crippen molar-refractivity contribution in [3.8, 4) is 0 Å². The molecule has 0 aromatic heterocycles. The van der Waals surface area contributed by atoms with Crippen LogP contribution in [0.5, 0.6) is 0 Å². The van der Waals surface area contributed by atoms with Crippen LogP contribution in [0, 0.1) is 11.6 Å². The first-order chi connectivity index (χ1) is 11.4. The maximum absolute atomic E-state index is 13.7. The van der Waals surface area contributed by atoms with E-state index in [2.05, 4.69) is 10.1 Å². The molecule has 126 valence electrons. The Morgan fingerprint density at radius 2 is 1.75 bits per heavy atom. The first-order valence-corrected chi connectivity index (χ1v) is 7.38. The van der Waals surface area contributed by atoms with Crippen LogP contribution in [0.1, 0.15) is 28.4 Å². The van der Waals surface area contributed by atoms with Crippen molar-refractivity contribution in [3.05, 3.63) is 70.2 Å². The molecule has 0 aliphatic heterocycles. The summed E-state index contributed by atoms with van der Waals surface area (Å²) >= 11 is 6.09. The summed E-state index contributed by atoms with van der Waals surface area (Å²) in [6, 6.07) is 8.75. The first-order valence-electron chi connectivity index (χ1n) is 7.00. The molecule has 0 aliphatic rings. The molecule has 4 nitrogen and oxygen atoms in total. The lowest BCUT2D eigenvalue weighted by atomic mass is 10.0. The molecule has 0 spiro atoms. The lowest BCUT2D eigenvalue weighted by Crippen LogP contribution is -2.32. The van der Waals surface area contributed by atoms with Crippen LogP contribution in [0.4, 0.5) is 8.78 Å². The van der Waals surface area contributed by atoms with Crippen LogP contribution < -0.4 is 5.32 Å². The summed E-state index contributed by atoms with van der Waals surface area (Å²) in [5, 5.41) is 2.74. The number of esters is 1. The molecular weight excluding hydrogens is 340 g/mol. The van der Waals surface area contributed by atoms with E-state index >= 15 is 0 Å². The maximum atomic E-state index is 13.7. The minimum absolute atomic E-state index is 0.234. The molecule has 1 unspecified atom stereocenters. The zero-order valence-electron chi connectivity index (χ0n) is 12.7. The Bertz CT molecular complexity index is 747. The van der Waals surface area contributed by atoms with E-state index in [4.69, 9.17) is 11.6 Å². The highest BCUT2D eigenvalue weighted by Gasteiger charge is 2.24. The molecule has 2 rings (SSSR count). The van der Waals surface area contributed by atoms with Crippen molar-refractivity contribution in [2.45, 2.75) is 12.5 Å². The van der Waals surface area contributed by atoms with Crippen molar-refractivity contribution in [3.63, 3.8) is 0 Å². The Hall–Kier alpha value is -2.47. The molecule has 1 amide bonds. The number of hydrogen-bond acceptors (Lipinski definition) is 3. The normalized spacial score (nSPS) is 11.7. The summed E-state index contributed by atoms with van der Waals surface area (Å²) in [6.45, 7) is 0. The average molecular weight is 354 g/mol. The van der Waals surface area contributed by atoms with Crippen LogP contribution in [0.15, 0.2) is 42.5 Å². The van der Waals surface area contributed by atoms with Gasteiger partial charge in [0.1, 0.15) is 17.2 Å². The number of methoxy groups -OCH3 is 1. The minimum Gasteiger partial charge on any atom is -0.469 e. The molecular formula is C17H14ClF2NO3. The molecule has 24 heavy (non-hydrogen) atoms. The van der Waals surface area contributed by atoms with Gasteiger partial charge in [-0.25, -0.2) is 8.78 Å². The minimum atomic E-state index is -0.997. The third-order valence-electron chi connectivity index (χ3n) is 3.37. The van der Waals surface area contributed by atoms with E-state index < -0.39 is 35.1 Å². The fraction of sp³-hybridized carbons (Fsp3) is 0.176. The third kappa shape index (κ3) is 4.08. The second kappa shape index (κ2) is 7.88. The van der Waals surface area contributed by atoms with Gasteiger partial charge in [-0.3, -0.25) is 9.59 Å². The smallest absolute Gasteiger partial charge is 0.307 e. The number of carbonyl (C=O) groups excluding carboxylic acids is 2. The van der Waals surface area contributed by atoms with E-state index in [-0.39, 0.29) is 6.42 Å². The first kappa shape index (κ1) is 17.9. The predicted molar refractivity (Wildman–Crippen MR) is 84.7 cm³/mol. The van der Waals surface area contributed by atoms with E-state index in [0.717, 1.165) is 18.2 Å². The van der Waals surface area contributed by atoms with Gasteiger partial charge in [-0.2, -0.15) is 0 Å². The number of nitrogens with one attached hydrogen (secondary N) is 1. The van der Waals surface area contributed by atoms with Gasteiger partial charge in [-0.1, -0.05) is 35.9 Å². The average Bonchev–Trinajstić information content (AvgIpc) is 2.54. The monoisotopic (exact) mass is 353 g/mol. The summed E-state index contributed by atoms with van der Waals surface area (Å²) in [6.07, 6.45) is -0.234. The van der Waals surface area contributed by atoms with Crippen LogP contribution in [-0.2, 0) is 9.53 Å². The Morgan fingerprint density at radius 3 is 2.33 bits per heavy atom. The van der Waals surface area contributed by atoms with Crippen molar-refractivity contribution in [2.24, 2.45) is 0 Å². The van der Waals surface area contributed by atoms with Gasteiger partial charge in [0.25, 0.3) is 5.91 Å². The van der Waals surface area contributed by atoms with Crippen molar-refractivity contribution < 1.29 is 23.1 Å². The number of amides is 1. The molecule has 0 radical (unpaired) electrons. The predicted octanol–water partition coefficient (Wildman–Crippen LogP) is 3.65. The van der Waals surface area contributed by atoms with Crippen LogP contribution in [0.25, 0.3) is 0 Å². The highest BCUT2D eigenvalue weighted by atomic mass is 35.5. The van der Waals surface area contributed by atoms with Crippen molar-refractivity contribution in [1.29, 1.82) is 0 Å². The molecule has 0 aliphatic carbocycles. The van der Waals surface area contributed by atoms with Crippen LogP contribution in [0.3, 0.4) is 0 Å². The Labute approximate surface area is 142 Å². The van der Waals surface area contributed by atoms with Gasteiger partial charge in [0.2, 0.25) is 0 Å². The molecule has 0 bridgehead atoms. The van der Waals surface area contributed by atoms with Crippen LogP contribution >= 0.6 is 11.6 Å². The standard InChI is InChI=1S/C17H14ClF2NO3/c1-24-15(22)9-14(10-5-2-3-6-11(10)18)21-17(23)16-12(19)7-4-8-13(16)20/h2-8,14H,9H2,1H3,(H,21,23). The fourth-order valence-electron chi connectivity index (χ4n) is 2.19. The number of hydrogen-bond donors (Lipinski definition) is 1. The van der Waals surface area contributed by atoms with Gasteiger partial charge in [0, 0.05) is 5.02 Å². The second-order valence-corrected chi connectivity index (χ2v) is 5.33. The summed E-state index contributed by atoms with van der Waals surface area (Å²) in [5.74, 6) is -3.58. The summed E-state index contributed by atoms with van der Waals surface area (Å²) in [7, 11) is 1.20. The number of ether oxygens (including phenoxy) is 1. The van der Waals surface area contributed by atoms with Crippen molar-refractivity contribution in [2.75, 3.05) is 7.11 Å². The number of halogens is 3. The van der Waals surface area contributed by atoms with Gasteiger partial charge in [0.05, 0.1) is 19.6 Å². The van der Waals surface area contributed by atoms with Crippen molar-refractivity contribution in [1.82, 2.24) is 5.32 Å². The van der Waals surface area contributed by atoms with E-state index in [1.807, 2.05) is 0 Å². The molecule has 0 saturated carbocycles. The Kier molecular flexibility index (Phi) is 5.87. The van der Waals surface area contributed by atoms with E-state index in [0.29, 0.717) is 10.6 Å². The second-order valence-electron chi connectivity index (χ2n) is 4.92. The fourth-order valence-corrected chi connectivity index (χ4v) is 2.46. The SMILES string of the molecule is COC(=O)CC(NC(=O)c1c(F)cccc1F)c1ccccc1Cl. The van der Waals surface area contributed by atoms with Gasteiger partial charge in [-0.15, -0.1) is 0 Å². The van der Waals surface area contributed by atoms with Gasteiger partial charge >= 0.3 is 5.97 Å². The molecule has 0 heterocycles. The summed E-state index contributed by atoms with van der Waals surface area (Å²) in [4.78, 5) is 23.9. The Balaban J connectivity index is 2.33. The molecule has 2 aromatic rings. The zero-order valence-corrected chi connectivity index (χ0v) is 13.4. The lowest BCUT2D eigenvalue weighted by Gasteiger charge is -2.19. The van der Waals surface area contributed by atoms with Crippen LogP contribution in [0.2, 0.25) is 5.02 Å². The van der Waals surface area contributed by atoms with E-state index in [9.17, 15) is 18.4 Å². The molecule has 7 heteroatoms. The van der Waals surface area contributed by atoms with Crippen LogP contribution in [-0.4, -0.2) is 19.0 Å². The largest absolute Gasteiger partial charge is 0.469 e. The van der Waals surface area contributed by atoms with Gasteiger partial charge < -0.3 is 10.1 Å². The molecule has 0 fully saturated rings. The van der Waals surface area contributed by atoms with Crippen molar-refractivity contribution >= 4 is 23.5 Å². The number of benzene rings is 2. The molecule has 1 N–H and O–H groups in total. The third-order valence-corrected chi connectivity index (χ3v) is 3.72. The highest BCUT2D eigenvalue weighted by Crippen LogP contribution is 2.26. The zero-order chi connectivity index (χ0) is 17.7. The molecule has 1 atom stereocenters. The number of rotatable bonds is 5. The lowest BCUT2D eigenvalue weighted by molar-refractivity contribution is -0.141. The Morgan fingerprint density at radius 1 is 1.12 bits per heavy atom. The molecule has 2 aromatic carbocycles. The summed E-state index contributed by atoms with van der Waals surface area (Å²) in [5.41, 5.74) is -0.283. The molecule has 0 saturated heterocycles. The van der Waals surface area contributed by atoms with Gasteiger partial charge in [0.15, 0.2) is 0 Å². The summed E-state index contributed by atoms with van der Waals surface area (Å²) < 4.78 is 32.1. The topological polar surface area (TPSA) is 55.4 Å². The van der Waals surface area contributed by atoms with E-state index in [1.165, 1.54) is 7.11 Å².